The van der Waals surface area contributed by atoms with E-state index in [9.17, 15) is 20.0 Å². The van der Waals surface area contributed by atoms with Crippen LogP contribution in [0, 0.1) is 10.1 Å². The van der Waals surface area contributed by atoms with Crippen molar-refractivity contribution in [2.45, 2.75) is 6.10 Å². The lowest BCUT2D eigenvalue weighted by molar-refractivity contribution is -0.384. The van der Waals surface area contributed by atoms with Gasteiger partial charge in [-0.2, -0.15) is 0 Å². The van der Waals surface area contributed by atoms with Crippen molar-refractivity contribution < 1.29 is 24.3 Å². The van der Waals surface area contributed by atoms with Gasteiger partial charge in [-0.05, 0) is 6.07 Å². The molecular formula is C13H18N2O6. The molecule has 1 N–H and O–H groups in total. The van der Waals surface area contributed by atoms with E-state index in [-0.39, 0.29) is 30.2 Å². The number of methoxy groups -OCH3 is 2. The van der Waals surface area contributed by atoms with Gasteiger partial charge in [0.1, 0.15) is 5.75 Å². The van der Waals surface area contributed by atoms with Crippen LogP contribution in [0.4, 0.5) is 5.69 Å². The summed E-state index contributed by atoms with van der Waals surface area (Å²) in [6.07, 6.45) is -0.839. The summed E-state index contributed by atoms with van der Waals surface area (Å²) in [5, 5.41) is 20.4. The maximum Gasteiger partial charge on any atom is 0.270 e. The molecule has 21 heavy (non-hydrogen) atoms. The molecule has 1 aromatic carbocycles. The Morgan fingerprint density at radius 3 is 2.67 bits per heavy atom. The predicted octanol–water partition coefficient (Wildman–Crippen LogP) is 0.683. The van der Waals surface area contributed by atoms with Crippen molar-refractivity contribution in [1.82, 2.24) is 4.90 Å². The average molecular weight is 298 g/mol. The lowest BCUT2D eigenvalue weighted by Gasteiger charge is -2.21. The number of hydrogen-bond donors (Lipinski definition) is 1. The molecule has 0 bridgehead atoms. The molecular weight excluding hydrogens is 280 g/mol. The van der Waals surface area contributed by atoms with Crippen LogP contribution in [0.25, 0.3) is 0 Å². The SMILES string of the molecule is COCC(O)CN(C)C(=O)c1cc([N+](=O)[O-])ccc1OC. The summed E-state index contributed by atoms with van der Waals surface area (Å²) in [6, 6.07) is 3.78. The van der Waals surface area contributed by atoms with Gasteiger partial charge in [-0.1, -0.05) is 0 Å². The number of amides is 1. The van der Waals surface area contributed by atoms with Crippen molar-refractivity contribution >= 4 is 11.6 Å². The van der Waals surface area contributed by atoms with E-state index in [2.05, 4.69) is 0 Å². The third-order valence-electron chi connectivity index (χ3n) is 2.81. The number of aliphatic hydroxyl groups is 1. The summed E-state index contributed by atoms with van der Waals surface area (Å²) in [5.41, 5.74) is -0.135. The Bertz CT molecular complexity index is 519. The van der Waals surface area contributed by atoms with E-state index >= 15 is 0 Å². The smallest absolute Gasteiger partial charge is 0.270 e. The van der Waals surface area contributed by atoms with Gasteiger partial charge >= 0.3 is 0 Å². The van der Waals surface area contributed by atoms with E-state index in [1.165, 1.54) is 38.3 Å². The third kappa shape index (κ3) is 4.40. The molecule has 8 heteroatoms. The maximum atomic E-state index is 12.3. The highest BCUT2D eigenvalue weighted by molar-refractivity contribution is 5.97. The molecule has 116 valence electrons. The Morgan fingerprint density at radius 2 is 2.14 bits per heavy atom. The van der Waals surface area contributed by atoms with E-state index in [1.54, 1.807) is 0 Å². The van der Waals surface area contributed by atoms with Crippen LogP contribution in [-0.2, 0) is 4.74 Å². The van der Waals surface area contributed by atoms with Crippen LogP contribution in [0.3, 0.4) is 0 Å². The second kappa shape index (κ2) is 7.55. The fourth-order valence-corrected chi connectivity index (χ4v) is 1.83. The fraction of sp³-hybridized carbons (Fsp3) is 0.462. The number of rotatable bonds is 7. The minimum absolute atomic E-state index is 0.0402. The van der Waals surface area contributed by atoms with Crippen LogP contribution in [-0.4, -0.2) is 61.4 Å². The van der Waals surface area contributed by atoms with Gasteiger partial charge in [0.15, 0.2) is 0 Å². The van der Waals surface area contributed by atoms with Gasteiger partial charge in [-0.15, -0.1) is 0 Å². The van der Waals surface area contributed by atoms with E-state index in [0.29, 0.717) is 0 Å². The van der Waals surface area contributed by atoms with E-state index in [1.807, 2.05) is 0 Å². The molecule has 1 amide bonds. The van der Waals surface area contributed by atoms with Crippen LogP contribution in [0.2, 0.25) is 0 Å². The molecule has 1 rings (SSSR count). The standard InChI is InChI=1S/C13H18N2O6/c1-14(7-10(16)8-20-2)13(17)11-6-9(15(18)19)4-5-12(11)21-3/h4-6,10,16H,7-8H2,1-3H3. The first-order valence-electron chi connectivity index (χ1n) is 6.15. The molecule has 0 aliphatic heterocycles. The predicted molar refractivity (Wildman–Crippen MR) is 74.5 cm³/mol. The van der Waals surface area contributed by atoms with Gasteiger partial charge in [-0.3, -0.25) is 14.9 Å². The van der Waals surface area contributed by atoms with Gasteiger partial charge in [-0.25, -0.2) is 0 Å². The molecule has 0 heterocycles. The number of nitro benzene ring substituents is 1. The number of likely N-dealkylation sites (N-methyl/N-ethyl adjacent to an activating group) is 1. The first-order valence-corrected chi connectivity index (χ1v) is 6.15. The Morgan fingerprint density at radius 1 is 1.48 bits per heavy atom. The molecule has 1 unspecified atom stereocenters. The number of benzene rings is 1. The molecule has 0 spiro atoms. The zero-order valence-corrected chi connectivity index (χ0v) is 12.1. The number of aliphatic hydroxyl groups excluding tert-OH is 1. The van der Waals surface area contributed by atoms with Gasteiger partial charge in [0, 0.05) is 32.8 Å². The van der Waals surface area contributed by atoms with Crippen molar-refractivity contribution in [3.05, 3.63) is 33.9 Å². The van der Waals surface area contributed by atoms with Crippen LogP contribution in [0.15, 0.2) is 18.2 Å². The molecule has 0 saturated heterocycles. The maximum absolute atomic E-state index is 12.3. The normalized spacial score (nSPS) is 11.8. The Balaban J connectivity index is 2.99. The number of non-ortho nitro benzene ring substituents is 1. The summed E-state index contributed by atoms with van der Waals surface area (Å²) in [6.45, 7) is 0.127. The van der Waals surface area contributed by atoms with Gasteiger partial charge in [0.2, 0.25) is 0 Å². The number of nitro groups is 1. The number of ether oxygens (including phenoxy) is 2. The second-order valence-electron chi connectivity index (χ2n) is 4.44. The zero-order valence-electron chi connectivity index (χ0n) is 12.1. The summed E-state index contributed by atoms with van der Waals surface area (Å²) >= 11 is 0. The van der Waals surface area contributed by atoms with Gasteiger partial charge in [0.05, 0.1) is 30.3 Å². The number of hydrogen-bond acceptors (Lipinski definition) is 6. The number of carbonyl (C=O) groups is 1. The Kier molecular flexibility index (Phi) is 6.07. The van der Waals surface area contributed by atoms with Crippen molar-refractivity contribution in [2.75, 3.05) is 34.4 Å². The Hall–Kier alpha value is -2.19. The number of nitrogens with zero attached hydrogens (tertiary/aromatic N) is 2. The monoisotopic (exact) mass is 298 g/mol. The molecule has 1 aromatic rings. The fourth-order valence-electron chi connectivity index (χ4n) is 1.83. The molecule has 0 fully saturated rings. The molecule has 8 nitrogen and oxygen atoms in total. The van der Waals surface area contributed by atoms with Crippen LogP contribution < -0.4 is 4.74 Å². The lowest BCUT2D eigenvalue weighted by Crippen LogP contribution is -2.36. The summed E-state index contributed by atoms with van der Waals surface area (Å²) < 4.78 is 9.83. The van der Waals surface area contributed by atoms with Crippen molar-refractivity contribution in [2.24, 2.45) is 0 Å². The largest absolute Gasteiger partial charge is 0.496 e. The molecule has 1 atom stereocenters. The molecule has 0 aliphatic carbocycles. The van der Waals surface area contributed by atoms with Crippen LogP contribution in [0.5, 0.6) is 5.75 Å². The highest BCUT2D eigenvalue weighted by Crippen LogP contribution is 2.25. The molecule has 0 aliphatic rings. The molecule has 0 radical (unpaired) electrons. The number of carbonyl (C=O) groups excluding carboxylic acids is 1. The molecule has 0 aromatic heterocycles. The molecule has 0 saturated carbocycles. The van der Waals surface area contributed by atoms with Crippen molar-refractivity contribution in [3.63, 3.8) is 0 Å². The van der Waals surface area contributed by atoms with Crippen LogP contribution in [0.1, 0.15) is 10.4 Å². The Labute approximate surface area is 122 Å². The summed E-state index contributed by atoms with van der Waals surface area (Å²) in [7, 11) is 4.30. The van der Waals surface area contributed by atoms with E-state index in [4.69, 9.17) is 9.47 Å². The zero-order chi connectivity index (χ0) is 16.0. The first-order chi connectivity index (χ1) is 9.90. The quantitative estimate of drug-likeness (QED) is 0.586. The highest BCUT2D eigenvalue weighted by Gasteiger charge is 2.21. The van der Waals surface area contributed by atoms with Crippen molar-refractivity contribution in [1.29, 1.82) is 0 Å². The van der Waals surface area contributed by atoms with Crippen molar-refractivity contribution in [3.8, 4) is 5.75 Å². The summed E-state index contributed by atoms with van der Waals surface area (Å²) in [5.74, 6) is -0.246. The van der Waals surface area contributed by atoms with E-state index < -0.39 is 16.9 Å². The first kappa shape index (κ1) is 16.9. The topological polar surface area (TPSA) is 102 Å². The highest BCUT2D eigenvalue weighted by atomic mass is 16.6. The average Bonchev–Trinajstić information content (AvgIpc) is 2.45. The summed E-state index contributed by atoms with van der Waals surface area (Å²) in [4.78, 5) is 23.8. The second-order valence-corrected chi connectivity index (χ2v) is 4.44. The van der Waals surface area contributed by atoms with Crippen LogP contribution >= 0.6 is 0 Å². The lowest BCUT2D eigenvalue weighted by atomic mass is 10.1. The third-order valence-corrected chi connectivity index (χ3v) is 2.81. The van der Waals surface area contributed by atoms with E-state index in [0.717, 1.165) is 6.07 Å². The minimum atomic E-state index is -0.839. The van der Waals surface area contributed by atoms with Gasteiger partial charge in [0.25, 0.3) is 11.6 Å². The van der Waals surface area contributed by atoms with Gasteiger partial charge < -0.3 is 19.5 Å². The minimum Gasteiger partial charge on any atom is -0.496 e.